The third kappa shape index (κ3) is 3.78. The minimum absolute atomic E-state index is 0.537. The molecule has 2 aliphatic rings. The van der Waals surface area contributed by atoms with Crippen LogP contribution >= 0.6 is 0 Å². The highest BCUT2D eigenvalue weighted by molar-refractivity contribution is 5.34. The number of hydrogen-bond acceptors (Lipinski definition) is 5. The maximum atomic E-state index is 5.87. The molecule has 0 amide bonds. The van der Waals surface area contributed by atoms with Crippen LogP contribution < -0.4 is 4.74 Å². The first-order chi connectivity index (χ1) is 11.8. The van der Waals surface area contributed by atoms with Gasteiger partial charge in [0, 0.05) is 25.4 Å². The fourth-order valence-corrected chi connectivity index (χ4v) is 3.41. The minimum atomic E-state index is 0.537. The van der Waals surface area contributed by atoms with Crippen LogP contribution in [-0.2, 0) is 12.8 Å². The first-order valence-corrected chi connectivity index (χ1v) is 8.99. The Morgan fingerprint density at radius 2 is 2.08 bits per heavy atom. The van der Waals surface area contributed by atoms with Crippen molar-refractivity contribution in [1.82, 2.24) is 15.0 Å². The van der Waals surface area contributed by atoms with Gasteiger partial charge >= 0.3 is 0 Å². The van der Waals surface area contributed by atoms with Crippen molar-refractivity contribution in [2.75, 3.05) is 26.7 Å². The van der Waals surface area contributed by atoms with E-state index in [1.807, 2.05) is 6.07 Å². The number of hydrogen-bond donors (Lipinski definition) is 0. The van der Waals surface area contributed by atoms with Crippen molar-refractivity contribution >= 4 is 0 Å². The number of nitrogens with zero attached hydrogens (tertiary/aromatic N) is 3. The molecule has 0 radical (unpaired) electrons. The first kappa shape index (κ1) is 15.6. The van der Waals surface area contributed by atoms with Crippen molar-refractivity contribution in [3.63, 3.8) is 0 Å². The van der Waals surface area contributed by atoms with Crippen LogP contribution in [0.4, 0.5) is 0 Å². The van der Waals surface area contributed by atoms with Crippen LogP contribution in [0.25, 0.3) is 0 Å². The molecule has 0 bridgehead atoms. The molecule has 1 saturated carbocycles. The van der Waals surface area contributed by atoms with Gasteiger partial charge in [-0.25, -0.2) is 0 Å². The normalized spacial score (nSPS) is 20.5. The Kier molecular flexibility index (Phi) is 4.52. The maximum absolute atomic E-state index is 5.87. The second-order valence-corrected chi connectivity index (χ2v) is 7.15. The topological polar surface area (TPSA) is 51.4 Å². The van der Waals surface area contributed by atoms with Crippen LogP contribution in [0, 0.1) is 5.92 Å². The van der Waals surface area contributed by atoms with Gasteiger partial charge in [0.25, 0.3) is 0 Å². The fraction of sp³-hybridized carbons (Fsp3) is 0.579. The second-order valence-electron chi connectivity index (χ2n) is 7.15. The van der Waals surface area contributed by atoms with Gasteiger partial charge in [0.1, 0.15) is 5.75 Å². The van der Waals surface area contributed by atoms with E-state index in [2.05, 4.69) is 40.3 Å². The van der Waals surface area contributed by atoms with Crippen LogP contribution in [0.2, 0.25) is 0 Å². The minimum Gasteiger partial charge on any atom is -0.493 e. The Morgan fingerprint density at radius 1 is 1.21 bits per heavy atom. The molecule has 1 atom stereocenters. The molecule has 1 aromatic heterocycles. The molecule has 0 N–H and O–H groups in total. The fourth-order valence-electron chi connectivity index (χ4n) is 3.41. The third-order valence-electron chi connectivity index (χ3n) is 4.96. The molecule has 0 saturated heterocycles. The maximum Gasteiger partial charge on any atom is 0.229 e. The molecular formula is C19H25N3O2. The Morgan fingerprint density at radius 3 is 2.96 bits per heavy atom. The van der Waals surface area contributed by atoms with E-state index in [0.717, 1.165) is 56.4 Å². The number of ether oxygens (including phenoxy) is 1. The summed E-state index contributed by atoms with van der Waals surface area (Å²) in [6.45, 7) is 2.85. The highest BCUT2D eigenvalue weighted by atomic mass is 16.5. The lowest BCUT2D eigenvalue weighted by molar-refractivity contribution is 0.240. The van der Waals surface area contributed by atoms with Gasteiger partial charge in [0.05, 0.1) is 6.61 Å². The van der Waals surface area contributed by atoms with Gasteiger partial charge in [-0.3, -0.25) is 0 Å². The summed E-state index contributed by atoms with van der Waals surface area (Å²) in [7, 11) is 2.18. The molecule has 128 valence electrons. The number of aromatic nitrogens is 2. The van der Waals surface area contributed by atoms with E-state index < -0.39 is 0 Å². The number of likely N-dealkylation sites (N-methyl/N-ethyl adjacent to an activating group) is 1. The molecule has 2 aromatic rings. The summed E-state index contributed by atoms with van der Waals surface area (Å²) < 4.78 is 11.2. The molecule has 2 heterocycles. The molecule has 4 rings (SSSR count). The Balaban J connectivity index is 1.28. The predicted octanol–water partition coefficient (Wildman–Crippen LogP) is 3.06. The number of benzene rings is 1. The molecule has 0 spiro atoms. The van der Waals surface area contributed by atoms with E-state index in [-0.39, 0.29) is 0 Å². The Labute approximate surface area is 143 Å². The van der Waals surface area contributed by atoms with Crippen LogP contribution in [0.15, 0.2) is 28.8 Å². The largest absolute Gasteiger partial charge is 0.493 e. The van der Waals surface area contributed by atoms with Crippen LogP contribution in [0.5, 0.6) is 5.75 Å². The average Bonchev–Trinajstić information content (AvgIpc) is 3.36. The molecule has 5 nitrogen and oxygen atoms in total. The quantitative estimate of drug-likeness (QED) is 0.816. The highest BCUT2D eigenvalue weighted by Crippen LogP contribution is 2.38. The molecule has 1 aliphatic heterocycles. The van der Waals surface area contributed by atoms with Crippen molar-refractivity contribution in [1.29, 1.82) is 0 Å². The number of rotatable bonds is 6. The van der Waals surface area contributed by atoms with Crippen molar-refractivity contribution < 1.29 is 9.26 Å². The van der Waals surface area contributed by atoms with E-state index in [9.17, 15) is 0 Å². The standard InChI is InChI=1S/C19H25N3O2/c1-22(10-8-18-20-19(24-21-18)15-6-7-15)13-14-9-11-23-17-5-3-2-4-16(17)12-14/h2-5,14-15H,6-13H2,1H3. The lowest BCUT2D eigenvalue weighted by atomic mass is 9.96. The summed E-state index contributed by atoms with van der Waals surface area (Å²) >= 11 is 0. The lowest BCUT2D eigenvalue weighted by Crippen LogP contribution is -2.29. The zero-order valence-corrected chi connectivity index (χ0v) is 14.3. The molecular weight excluding hydrogens is 302 g/mol. The van der Waals surface area contributed by atoms with Crippen LogP contribution in [0.1, 0.15) is 42.5 Å². The summed E-state index contributed by atoms with van der Waals surface area (Å²) in [5.74, 6) is 3.91. The van der Waals surface area contributed by atoms with Gasteiger partial charge < -0.3 is 14.2 Å². The van der Waals surface area contributed by atoms with Gasteiger partial charge in [-0.15, -0.1) is 0 Å². The van der Waals surface area contributed by atoms with E-state index in [1.54, 1.807) is 0 Å². The third-order valence-corrected chi connectivity index (χ3v) is 4.96. The van der Waals surface area contributed by atoms with Crippen LogP contribution in [0.3, 0.4) is 0 Å². The Hall–Kier alpha value is -1.88. The monoisotopic (exact) mass is 327 g/mol. The van der Waals surface area contributed by atoms with Crippen molar-refractivity contribution in [3.05, 3.63) is 41.5 Å². The molecule has 1 aliphatic carbocycles. The van der Waals surface area contributed by atoms with Crippen LogP contribution in [-0.4, -0.2) is 41.8 Å². The van der Waals surface area contributed by atoms with Crippen molar-refractivity contribution in [2.24, 2.45) is 5.92 Å². The van der Waals surface area contributed by atoms with Gasteiger partial charge in [-0.1, -0.05) is 23.4 Å². The van der Waals surface area contributed by atoms with E-state index in [4.69, 9.17) is 9.26 Å². The zero-order valence-electron chi connectivity index (χ0n) is 14.3. The number of para-hydroxylation sites is 1. The summed E-state index contributed by atoms with van der Waals surface area (Å²) in [5, 5.41) is 4.11. The van der Waals surface area contributed by atoms with Gasteiger partial charge in [-0.2, -0.15) is 4.98 Å². The van der Waals surface area contributed by atoms with E-state index >= 15 is 0 Å². The predicted molar refractivity (Wildman–Crippen MR) is 91.2 cm³/mol. The number of fused-ring (bicyclic) bond motifs is 1. The summed E-state index contributed by atoms with van der Waals surface area (Å²) in [5.41, 5.74) is 1.33. The molecule has 1 unspecified atom stereocenters. The molecule has 1 fully saturated rings. The average molecular weight is 327 g/mol. The van der Waals surface area contributed by atoms with Crippen molar-refractivity contribution in [3.8, 4) is 5.75 Å². The van der Waals surface area contributed by atoms with E-state index in [0.29, 0.717) is 11.8 Å². The molecule has 1 aromatic carbocycles. The Bertz CT molecular complexity index is 681. The SMILES string of the molecule is CN(CCc1noc(C2CC2)n1)CC1CCOc2ccccc2C1. The summed E-state index contributed by atoms with van der Waals surface area (Å²) in [6, 6.07) is 8.41. The van der Waals surface area contributed by atoms with Gasteiger partial charge in [0.15, 0.2) is 5.82 Å². The summed E-state index contributed by atoms with van der Waals surface area (Å²) in [4.78, 5) is 6.89. The van der Waals surface area contributed by atoms with E-state index in [1.165, 1.54) is 18.4 Å². The summed E-state index contributed by atoms with van der Waals surface area (Å²) in [6.07, 6.45) is 5.45. The van der Waals surface area contributed by atoms with Gasteiger partial charge in [0.2, 0.25) is 5.89 Å². The first-order valence-electron chi connectivity index (χ1n) is 8.99. The van der Waals surface area contributed by atoms with Gasteiger partial charge in [-0.05, 0) is 50.3 Å². The second kappa shape index (κ2) is 6.93. The highest BCUT2D eigenvalue weighted by Gasteiger charge is 2.29. The molecule has 24 heavy (non-hydrogen) atoms. The smallest absolute Gasteiger partial charge is 0.229 e. The zero-order chi connectivity index (χ0) is 16.4. The lowest BCUT2D eigenvalue weighted by Gasteiger charge is -2.22. The molecule has 5 heteroatoms. The van der Waals surface area contributed by atoms with Crippen molar-refractivity contribution in [2.45, 2.75) is 38.0 Å².